The quantitative estimate of drug-likeness (QED) is 0.495. The first kappa shape index (κ1) is 27.7. The van der Waals surface area contributed by atoms with Gasteiger partial charge < -0.3 is 10.2 Å². The zero-order valence-electron chi connectivity index (χ0n) is 20.4. The number of carbonyl (C=O) groups is 2. The van der Waals surface area contributed by atoms with Crippen LogP contribution in [-0.2, 0) is 26.2 Å². The molecule has 0 bridgehead atoms. The number of para-hydroxylation sites is 1. The third kappa shape index (κ3) is 7.46. The minimum Gasteiger partial charge on any atom is -0.352 e. The molecule has 0 saturated carbocycles. The number of carbonyl (C=O) groups excluding carboxylic acids is 2. The Morgan fingerprint density at radius 1 is 1.06 bits per heavy atom. The van der Waals surface area contributed by atoms with Crippen molar-refractivity contribution in [1.29, 1.82) is 0 Å². The third-order valence-electron chi connectivity index (χ3n) is 5.62. The molecule has 0 radical (unpaired) electrons. The Labute approximate surface area is 208 Å². The summed E-state index contributed by atoms with van der Waals surface area (Å²) >= 11 is 6.25. The molecule has 34 heavy (non-hydrogen) atoms. The summed E-state index contributed by atoms with van der Waals surface area (Å²) < 4.78 is 26.2. The van der Waals surface area contributed by atoms with E-state index in [1.807, 2.05) is 52.0 Å². The normalized spacial score (nSPS) is 13.1. The molecule has 0 aliphatic rings. The van der Waals surface area contributed by atoms with E-state index >= 15 is 0 Å². The maximum atomic E-state index is 13.6. The van der Waals surface area contributed by atoms with Crippen LogP contribution in [-0.4, -0.2) is 50.0 Å². The van der Waals surface area contributed by atoms with Gasteiger partial charge in [0.2, 0.25) is 21.8 Å². The fourth-order valence-electron chi connectivity index (χ4n) is 3.62. The van der Waals surface area contributed by atoms with Crippen LogP contribution in [0.3, 0.4) is 0 Å². The Bertz CT molecular complexity index is 1110. The van der Waals surface area contributed by atoms with Crippen molar-refractivity contribution in [3.8, 4) is 0 Å². The maximum Gasteiger partial charge on any atom is 0.244 e. The van der Waals surface area contributed by atoms with Crippen LogP contribution in [0.2, 0.25) is 5.02 Å². The summed E-state index contributed by atoms with van der Waals surface area (Å²) in [6, 6.07) is 13.3. The molecule has 0 aliphatic heterocycles. The van der Waals surface area contributed by atoms with Crippen molar-refractivity contribution in [2.24, 2.45) is 0 Å². The zero-order chi connectivity index (χ0) is 25.5. The van der Waals surface area contributed by atoms with E-state index in [1.54, 1.807) is 24.3 Å². The van der Waals surface area contributed by atoms with Crippen LogP contribution >= 0.6 is 11.6 Å². The minimum absolute atomic E-state index is 0.0480. The van der Waals surface area contributed by atoms with E-state index < -0.39 is 28.5 Å². The van der Waals surface area contributed by atoms with E-state index in [-0.39, 0.29) is 29.2 Å². The molecule has 0 unspecified atom stereocenters. The van der Waals surface area contributed by atoms with E-state index in [9.17, 15) is 18.0 Å². The van der Waals surface area contributed by atoms with Gasteiger partial charge in [0.1, 0.15) is 12.6 Å². The summed E-state index contributed by atoms with van der Waals surface area (Å²) in [4.78, 5) is 28.2. The highest BCUT2D eigenvalue weighted by molar-refractivity contribution is 7.92. The number of hydrogen-bond acceptors (Lipinski definition) is 4. The first-order valence-corrected chi connectivity index (χ1v) is 13.6. The molecule has 2 atom stereocenters. The Morgan fingerprint density at radius 2 is 1.74 bits per heavy atom. The molecule has 0 heterocycles. The number of rotatable bonds is 11. The molecule has 7 nitrogen and oxygen atoms in total. The lowest BCUT2D eigenvalue weighted by molar-refractivity contribution is -0.140. The summed E-state index contributed by atoms with van der Waals surface area (Å²) in [6.07, 6.45) is 2.16. The number of aryl methyl sites for hydroxylation is 1. The molecule has 2 aromatic rings. The molecule has 0 spiro atoms. The van der Waals surface area contributed by atoms with Crippen LogP contribution in [0.15, 0.2) is 48.5 Å². The third-order valence-corrected chi connectivity index (χ3v) is 7.07. The van der Waals surface area contributed by atoms with Gasteiger partial charge in [0.05, 0.1) is 17.0 Å². The number of halogens is 1. The fourth-order valence-corrected chi connectivity index (χ4v) is 4.77. The smallest absolute Gasteiger partial charge is 0.244 e. The number of nitrogens with one attached hydrogen (secondary N) is 1. The Hall–Kier alpha value is -2.58. The number of nitrogens with zero attached hydrogens (tertiary/aromatic N) is 2. The molecule has 1 N–H and O–H groups in total. The maximum absolute atomic E-state index is 13.6. The van der Waals surface area contributed by atoms with E-state index in [4.69, 9.17) is 11.6 Å². The monoisotopic (exact) mass is 507 g/mol. The van der Waals surface area contributed by atoms with Gasteiger partial charge in [-0.05, 0) is 44.4 Å². The van der Waals surface area contributed by atoms with Crippen molar-refractivity contribution in [3.63, 3.8) is 0 Å². The molecule has 0 aromatic heterocycles. The van der Waals surface area contributed by atoms with E-state index in [0.717, 1.165) is 28.1 Å². The highest BCUT2D eigenvalue weighted by atomic mass is 35.5. The van der Waals surface area contributed by atoms with Crippen LogP contribution in [0.1, 0.15) is 44.7 Å². The van der Waals surface area contributed by atoms with Gasteiger partial charge in [-0.1, -0.05) is 67.4 Å². The predicted octanol–water partition coefficient (Wildman–Crippen LogP) is 4.14. The number of hydrogen-bond donors (Lipinski definition) is 1. The minimum atomic E-state index is -3.82. The fraction of sp³-hybridized carbons (Fsp3) is 0.440. The average Bonchev–Trinajstić information content (AvgIpc) is 2.77. The second-order valence-electron chi connectivity index (χ2n) is 8.47. The molecule has 2 aromatic carbocycles. The van der Waals surface area contributed by atoms with Gasteiger partial charge in [0.25, 0.3) is 0 Å². The molecular weight excluding hydrogens is 474 g/mol. The van der Waals surface area contributed by atoms with Crippen molar-refractivity contribution in [1.82, 2.24) is 10.2 Å². The van der Waals surface area contributed by atoms with Gasteiger partial charge in [-0.3, -0.25) is 13.9 Å². The van der Waals surface area contributed by atoms with Crippen molar-refractivity contribution in [3.05, 3.63) is 64.7 Å². The van der Waals surface area contributed by atoms with Gasteiger partial charge in [-0.2, -0.15) is 0 Å². The van der Waals surface area contributed by atoms with Crippen LogP contribution < -0.4 is 9.62 Å². The Morgan fingerprint density at radius 3 is 2.29 bits per heavy atom. The standard InChI is InChI=1S/C25H34ClN3O4S/c1-6-19(4)27-25(31)22(7-2)28(16-20-12-10-11-18(3)15-20)24(30)17-29(34(5,32)33)23-14-9-8-13-21(23)26/h8-15,19,22H,6-7,16-17H2,1-5H3,(H,27,31)/t19-,22-/m1/s1. The van der Waals surface area contributed by atoms with Crippen LogP contribution in [0.25, 0.3) is 0 Å². The summed E-state index contributed by atoms with van der Waals surface area (Å²) in [5.41, 5.74) is 2.09. The van der Waals surface area contributed by atoms with Gasteiger partial charge in [-0.25, -0.2) is 8.42 Å². The van der Waals surface area contributed by atoms with E-state index in [2.05, 4.69) is 5.32 Å². The zero-order valence-corrected chi connectivity index (χ0v) is 22.0. The summed E-state index contributed by atoms with van der Waals surface area (Å²) in [5.74, 6) is -0.750. The predicted molar refractivity (Wildman–Crippen MR) is 137 cm³/mol. The lowest BCUT2D eigenvalue weighted by Gasteiger charge is -2.33. The molecule has 0 aliphatic carbocycles. The lowest BCUT2D eigenvalue weighted by atomic mass is 10.1. The summed E-state index contributed by atoms with van der Waals surface area (Å²) in [5, 5.41) is 3.17. The largest absolute Gasteiger partial charge is 0.352 e. The van der Waals surface area contributed by atoms with Crippen LogP contribution in [0.5, 0.6) is 0 Å². The summed E-state index contributed by atoms with van der Waals surface area (Å²) in [6.45, 7) is 7.36. The van der Waals surface area contributed by atoms with Gasteiger partial charge in [0.15, 0.2) is 0 Å². The lowest BCUT2D eigenvalue weighted by Crippen LogP contribution is -2.53. The van der Waals surface area contributed by atoms with Crippen LogP contribution in [0.4, 0.5) is 5.69 Å². The van der Waals surface area contributed by atoms with Crippen molar-refractivity contribution in [2.45, 2.75) is 59.2 Å². The Balaban J connectivity index is 2.45. The van der Waals surface area contributed by atoms with Crippen LogP contribution in [0, 0.1) is 6.92 Å². The topological polar surface area (TPSA) is 86.8 Å². The molecule has 9 heteroatoms. The molecule has 0 saturated heterocycles. The number of sulfonamides is 1. The summed E-state index contributed by atoms with van der Waals surface area (Å²) in [7, 11) is -3.82. The second kappa shape index (κ2) is 12.2. The number of anilines is 1. The molecule has 2 amide bonds. The molecule has 0 fully saturated rings. The van der Waals surface area contributed by atoms with Crippen molar-refractivity contribution < 1.29 is 18.0 Å². The molecule has 186 valence electrons. The number of benzene rings is 2. The van der Waals surface area contributed by atoms with E-state index in [0.29, 0.717) is 6.42 Å². The van der Waals surface area contributed by atoms with Gasteiger partial charge in [-0.15, -0.1) is 0 Å². The second-order valence-corrected chi connectivity index (χ2v) is 10.8. The molecule has 2 rings (SSSR count). The number of amides is 2. The Kier molecular flexibility index (Phi) is 9.94. The van der Waals surface area contributed by atoms with E-state index in [1.165, 1.54) is 4.90 Å². The SMILES string of the molecule is CC[C@@H](C)NC(=O)[C@@H](CC)N(Cc1cccc(C)c1)C(=O)CN(c1ccccc1Cl)S(C)(=O)=O. The van der Waals surface area contributed by atoms with Gasteiger partial charge in [0, 0.05) is 12.6 Å². The van der Waals surface area contributed by atoms with Crippen molar-refractivity contribution in [2.75, 3.05) is 17.1 Å². The van der Waals surface area contributed by atoms with Gasteiger partial charge >= 0.3 is 0 Å². The highest BCUT2D eigenvalue weighted by Crippen LogP contribution is 2.27. The average molecular weight is 508 g/mol. The highest BCUT2D eigenvalue weighted by Gasteiger charge is 2.32. The first-order chi connectivity index (χ1) is 16.0. The first-order valence-electron chi connectivity index (χ1n) is 11.4. The van der Waals surface area contributed by atoms with Crippen molar-refractivity contribution >= 4 is 39.1 Å². The molecular formula is C25H34ClN3O4S.